The van der Waals surface area contributed by atoms with E-state index in [-0.39, 0.29) is 17.6 Å². The van der Waals surface area contributed by atoms with E-state index in [0.717, 1.165) is 32.1 Å². The van der Waals surface area contributed by atoms with Crippen molar-refractivity contribution < 1.29 is 9.53 Å². The van der Waals surface area contributed by atoms with Crippen LogP contribution in [0, 0.1) is 0 Å². The molecule has 1 aliphatic carbocycles. The number of ether oxygens (including phenoxy) is 1. The lowest BCUT2D eigenvalue weighted by atomic mass is 9.82. The van der Waals surface area contributed by atoms with Crippen molar-refractivity contribution >= 4 is 11.8 Å². The van der Waals surface area contributed by atoms with Crippen molar-refractivity contribution in [1.29, 1.82) is 0 Å². The second-order valence-corrected chi connectivity index (χ2v) is 11.3. The zero-order valence-electron chi connectivity index (χ0n) is 21.1. The largest absolute Gasteiger partial charge is 0.444 e. The molecule has 2 N–H and O–H groups in total. The van der Waals surface area contributed by atoms with Crippen LogP contribution in [0.15, 0.2) is 18.2 Å². The Kier molecular flexibility index (Phi) is 9.27. The molecule has 0 saturated heterocycles. The van der Waals surface area contributed by atoms with Crippen molar-refractivity contribution in [3.63, 3.8) is 0 Å². The number of hydrogen-bond acceptors (Lipinski definition) is 3. The number of alkyl carbamates (subject to hydrolysis) is 1. The van der Waals surface area contributed by atoms with Gasteiger partial charge in [-0.15, -0.1) is 0 Å². The Balaban J connectivity index is 1.92. The van der Waals surface area contributed by atoms with Crippen LogP contribution in [0.4, 0.5) is 10.5 Å². The van der Waals surface area contributed by atoms with Gasteiger partial charge in [0.05, 0.1) is 0 Å². The summed E-state index contributed by atoms with van der Waals surface area (Å²) >= 11 is 0. The van der Waals surface area contributed by atoms with Gasteiger partial charge in [-0.1, -0.05) is 53.0 Å². The van der Waals surface area contributed by atoms with E-state index < -0.39 is 5.60 Å². The van der Waals surface area contributed by atoms with Gasteiger partial charge in [-0.05, 0) is 88.0 Å². The predicted molar refractivity (Wildman–Crippen MR) is 132 cm³/mol. The Labute approximate surface area is 190 Å². The lowest BCUT2D eigenvalue weighted by Gasteiger charge is -2.31. The number of unbranched alkanes of at least 4 members (excludes halogenated alkanes) is 3. The molecular weight excluding hydrogens is 384 g/mol. The summed E-state index contributed by atoms with van der Waals surface area (Å²) < 4.78 is 5.40. The quantitative estimate of drug-likeness (QED) is 0.424. The van der Waals surface area contributed by atoms with E-state index in [9.17, 15) is 4.79 Å². The molecule has 4 nitrogen and oxygen atoms in total. The average Bonchev–Trinajstić information content (AvgIpc) is 2.64. The number of rotatable bonds is 8. The zero-order chi connectivity index (χ0) is 23.1. The van der Waals surface area contributed by atoms with Crippen molar-refractivity contribution in [2.75, 3.05) is 5.32 Å². The summed E-state index contributed by atoms with van der Waals surface area (Å²) in [5.74, 6) is 0. The summed E-state index contributed by atoms with van der Waals surface area (Å²) in [6.45, 7) is 14.9. The monoisotopic (exact) mass is 430 g/mol. The minimum Gasteiger partial charge on any atom is -0.444 e. The number of anilines is 1. The average molecular weight is 431 g/mol. The van der Waals surface area contributed by atoms with Crippen LogP contribution >= 0.6 is 0 Å². The predicted octanol–water partition coefficient (Wildman–Crippen LogP) is 7.35. The van der Waals surface area contributed by atoms with Crippen molar-refractivity contribution in [2.24, 2.45) is 0 Å². The van der Waals surface area contributed by atoms with Crippen LogP contribution in [-0.2, 0) is 16.6 Å². The van der Waals surface area contributed by atoms with Crippen LogP contribution < -0.4 is 10.6 Å². The number of benzene rings is 1. The zero-order valence-corrected chi connectivity index (χ0v) is 21.1. The Hall–Kier alpha value is -1.71. The van der Waals surface area contributed by atoms with Gasteiger partial charge in [0.25, 0.3) is 0 Å². The molecule has 2 rings (SSSR count). The second kappa shape index (κ2) is 11.2. The summed E-state index contributed by atoms with van der Waals surface area (Å²) in [5.41, 5.74) is 3.93. The van der Waals surface area contributed by atoms with Crippen LogP contribution in [0.5, 0.6) is 0 Å². The fourth-order valence-corrected chi connectivity index (χ4v) is 4.46. The van der Waals surface area contributed by atoms with E-state index in [0.29, 0.717) is 6.04 Å². The molecule has 0 bridgehead atoms. The maximum atomic E-state index is 12.0. The van der Waals surface area contributed by atoms with E-state index >= 15 is 0 Å². The highest BCUT2D eigenvalue weighted by Gasteiger charge is 2.25. The molecule has 0 unspecified atom stereocenters. The fraction of sp³-hybridized carbons (Fsp3) is 0.741. The Morgan fingerprint density at radius 3 is 2.19 bits per heavy atom. The summed E-state index contributed by atoms with van der Waals surface area (Å²) in [4.78, 5) is 12.0. The molecule has 31 heavy (non-hydrogen) atoms. The first kappa shape index (κ1) is 25.5. The summed E-state index contributed by atoms with van der Waals surface area (Å²) in [6.07, 6.45) is 10.1. The lowest BCUT2D eigenvalue weighted by Crippen LogP contribution is -2.42. The third-order valence-electron chi connectivity index (χ3n) is 6.03. The molecule has 1 amide bonds. The SMILES string of the molecule is CCCCCCc1cc(NC2CCC(NC(=O)OC(C)(C)C)CC2)ccc1C(C)(C)C. The van der Waals surface area contributed by atoms with Gasteiger partial charge in [-0.25, -0.2) is 4.79 Å². The number of hydrogen-bond donors (Lipinski definition) is 2. The van der Waals surface area contributed by atoms with Crippen LogP contribution in [0.2, 0.25) is 0 Å². The van der Waals surface area contributed by atoms with Crippen molar-refractivity contribution in [1.82, 2.24) is 5.32 Å². The minimum absolute atomic E-state index is 0.171. The van der Waals surface area contributed by atoms with Gasteiger partial charge in [0, 0.05) is 17.8 Å². The molecule has 0 aromatic heterocycles. The van der Waals surface area contributed by atoms with Crippen molar-refractivity contribution in [2.45, 2.75) is 129 Å². The summed E-state index contributed by atoms with van der Waals surface area (Å²) in [6, 6.07) is 7.64. The van der Waals surface area contributed by atoms with E-state index in [1.54, 1.807) is 0 Å². The lowest BCUT2D eigenvalue weighted by molar-refractivity contribution is 0.0492. The van der Waals surface area contributed by atoms with Crippen LogP contribution in [0.3, 0.4) is 0 Å². The molecule has 1 fully saturated rings. The van der Waals surface area contributed by atoms with Gasteiger partial charge in [-0.2, -0.15) is 0 Å². The maximum absolute atomic E-state index is 12.0. The molecule has 1 aromatic rings. The summed E-state index contributed by atoms with van der Waals surface area (Å²) in [5, 5.41) is 6.81. The first-order valence-electron chi connectivity index (χ1n) is 12.4. The molecule has 0 spiro atoms. The van der Waals surface area contributed by atoms with Crippen LogP contribution in [-0.4, -0.2) is 23.8 Å². The highest BCUT2D eigenvalue weighted by molar-refractivity contribution is 5.68. The molecular formula is C27H46N2O2. The van der Waals surface area contributed by atoms with Gasteiger partial charge >= 0.3 is 6.09 Å². The number of carbonyl (C=O) groups is 1. The highest BCUT2D eigenvalue weighted by atomic mass is 16.6. The minimum atomic E-state index is -0.448. The van der Waals surface area contributed by atoms with Gasteiger partial charge < -0.3 is 15.4 Å². The molecule has 1 aliphatic rings. The first-order valence-corrected chi connectivity index (χ1v) is 12.4. The first-order chi connectivity index (χ1) is 14.5. The van der Waals surface area contributed by atoms with E-state index in [4.69, 9.17) is 4.74 Å². The Morgan fingerprint density at radius 1 is 0.968 bits per heavy atom. The molecule has 0 aliphatic heterocycles. The van der Waals surface area contributed by atoms with E-state index in [1.807, 2.05) is 20.8 Å². The molecule has 1 aromatic carbocycles. The number of nitrogens with one attached hydrogen (secondary N) is 2. The van der Waals surface area contributed by atoms with Crippen molar-refractivity contribution in [3.05, 3.63) is 29.3 Å². The Bertz CT molecular complexity index is 692. The molecule has 0 radical (unpaired) electrons. The molecule has 0 atom stereocenters. The fourth-order valence-electron chi connectivity index (χ4n) is 4.46. The van der Waals surface area contributed by atoms with Crippen LogP contribution in [0.1, 0.15) is 111 Å². The van der Waals surface area contributed by atoms with Gasteiger partial charge in [-0.3, -0.25) is 0 Å². The molecule has 4 heteroatoms. The van der Waals surface area contributed by atoms with Crippen molar-refractivity contribution in [3.8, 4) is 0 Å². The Morgan fingerprint density at radius 2 is 1.61 bits per heavy atom. The van der Waals surface area contributed by atoms with E-state index in [1.165, 1.54) is 42.5 Å². The second-order valence-electron chi connectivity index (χ2n) is 11.3. The summed E-state index contributed by atoms with van der Waals surface area (Å²) in [7, 11) is 0. The molecule has 1 saturated carbocycles. The standard InChI is InChI=1S/C27H46N2O2/c1-8-9-10-11-12-20-19-23(17-18-24(20)26(2,3)4)28-21-13-15-22(16-14-21)29-25(30)31-27(5,6)7/h17-19,21-22,28H,8-16H2,1-7H3,(H,29,30). The van der Waals surface area contributed by atoms with Gasteiger partial charge in [0.2, 0.25) is 0 Å². The third kappa shape index (κ3) is 9.13. The topological polar surface area (TPSA) is 50.4 Å². The van der Waals surface area contributed by atoms with Gasteiger partial charge in [0.1, 0.15) is 5.60 Å². The van der Waals surface area contributed by atoms with E-state index in [2.05, 4.69) is 56.5 Å². The smallest absolute Gasteiger partial charge is 0.407 e. The molecule has 0 heterocycles. The normalized spacial score (nSPS) is 19.7. The third-order valence-corrected chi connectivity index (χ3v) is 6.03. The van der Waals surface area contributed by atoms with Crippen LogP contribution in [0.25, 0.3) is 0 Å². The highest BCUT2D eigenvalue weighted by Crippen LogP contribution is 2.31. The number of aryl methyl sites for hydroxylation is 1. The maximum Gasteiger partial charge on any atom is 0.407 e. The number of carbonyl (C=O) groups excluding carboxylic acids is 1. The van der Waals surface area contributed by atoms with Gasteiger partial charge in [0.15, 0.2) is 0 Å². The number of amides is 1. The molecule has 176 valence electrons.